The summed E-state index contributed by atoms with van der Waals surface area (Å²) in [6.45, 7) is 0. The number of benzene rings is 1. The van der Waals surface area contributed by atoms with Crippen molar-refractivity contribution in [1.29, 1.82) is 0 Å². The first-order valence-electron chi connectivity index (χ1n) is 4.34. The molecular formula is C10H11NO4. The van der Waals surface area contributed by atoms with Gasteiger partial charge in [-0.2, -0.15) is 0 Å². The molecular weight excluding hydrogens is 198 g/mol. The summed E-state index contributed by atoms with van der Waals surface area (Å²) < 4.78 is 0. The molecule has 0 heterocycles. The molecule has 0 aliphatic rings. The molecule has 0 radical (unpaired) electrons. The van der Waals surface area contributed by atoms with Gasteiger partial charge in [-0.15, -0.1) is 0 Å². The third-order valence-electron chi connectivity index (χ3n) is 1.98. The molecule has 0 saturated carbocycles. The monoisotopic (exact) mass is 209 g/mol. The van der Waals surface area contributed by atoms with E-state index in [9.17, 15) is 14.7 Å². The largest absolute Gasteiger partial charge is 0.508 e. The number of aliphatic carboxylic acids is 1. The average Bonchev–Trinajstić information content (AvgIpc) is 2.20. The Morgan fingerprint density at radius 2 is 2.13 bits per heavy atom. The summed E-state index contributed by atoms with van der Waals surface area (Å²) in [5, 5.41) is 20.3. The van der Waals surface area contributed by atoms with Gasteiger partial charge in [0.15, 0.2) is 0 Å². The van der Waals surface area contributed by atoms with Crippen LogP contribution in [0.15, 0.2) is 24.3 Å². The van der Waals surface area contributed by atoms with Crippen molar-refractivity contribution in [2.75, 3.05) is 0 Å². The minimum absolute atomic E-state index is 0.0245. The van der Waals surface area contributed by atoms with Crippen LogP contribution in [0.3, 0.4) is 0 Å². The minimum Gasteiger partial charge on any atom is -0.508 e. The molecule has 1 unspecified atom stereocenters. The maximum atomic E-state index is 10.7. The van der Waals surface area contributed by atoms with E-state index in [0.717, 1.165) is 0 Å². The van der Waals surface area contributed by atoms with Crippen molar-refractivity contribution in [3.8, 4) is 5.75 Å². The second-order valence-electron chi connectivity index (χ2n) is 3.01. The number of aromatic hydroxyl groups is 1. The van der Waals surface area contributed by atoms with Crippen LogP contribution < -0.4 is 5.32 Å². The van der Waals surface area contributed by atoms with Gasteiger partial charge < -0.3 is 15.5 Å². The highest BCUT2D eigenvalue weighted by Crippen LogP contribution is 2.17. The highest BCUT2D eigenvalue weighted by molar-refractivity contribution is 5.76. The fourth-order valence-corrected chi connectivity index (χ4v) is 1.20. The van der Waals surface area contributed by atoms with Gasteiger partial charge in [0.2, 0.25) is 6.41 Å². The summed E-state index contributed by atoms with van der Waals surface area (Å²) in [7, 11) is 0. The van der Waals surface area contributed by atoms with Crippen molar-refractivity contribution in [2.24, 2.45) is 0 Å². The maximum Gasteiger partial charge on any atom is 0.326 e. The topological polar surface area (TPSA) is 86.6 Å². The van der Waals surface area contributed by atoms with Crippen molar-refractivity contribution in [1.82, 2.24) is 5.32 Å². The summed E-state index contributed by atoms with van der Waals surface area (Å²) >= 11 is 0. The Hall–Kier alpha value is -2.04. The van der Waals surface area contributed by atoms with E-state index in [1.165, 1.54) is 6.07 Å². The van der Waals surface area contributed by atoms with Crippen LogP contribution in [-0.2, 0) is 16.0 Å². The number of rotatable bonds is 5. The molecule has 3 N–H and O–H groups in total. The molecule has 1 aromatic carbocycles. The molecule has 0 saturated heterocycles. The number of phenols is 1. The second-order valence-corrected chi connectivity index (χ2v) is 3.01. The van der Waals surface area contributed by atoms with Gasteiger partial charge in [-0.3, -0.25) is 4.79 Å². The second kappa shape index (κ2) is 4.99. The van der Waals surface area contributed by atoms with E-state index >= 15 is 0 Å². The highest BCUT2D eigenvalue weighted by atomic mass is 16.4. The van der Waals surface area contributed by atoms with Crippen LogP contribution in [0.4, 0.5) is 0 Å². The molecule has 5 heteroatoms. The van der Waals surface area contributed by atoms with Crippen molar-refractivity contribution in [2.45, 2.75) is 12.5 Å². The standard InChI is InChI=1S/C10H11NO4/c12-6-11-8(10(14)15)5-7-3-1-2-4-9(7)13/h1-4,6,8,13H,5H2,(H,11,12)(H,14,15). The van der Waals surface area contributed by atoms with Crippen molar-refractivity contribution in [3.63, 3.8) is 0 Å². The number of carboxylic acid groups (broad SMARTS) is 1. The predicted molar refractivity (Wildman–Crippen MR) is 52.4 cm³/mol. The summed E-state index contributed by atoms with van der Waals surface area (Å²) in [5.41, 5.74) is 0.485. The Balaban J connectivity index is 2.78. The molecule has 1 rings (SSSR count). The Kier molecular flexibility index (Phi) is 3.68. The summed E-state index contributed by atoms with van der Waals surface area (Å²) in [4.78, 5) is 20.9. The Morgan fingerprint density at radius 1 is 1.47 bits per heavy atom. The lowest BCUT2D eigenvalue weighted by Crippen LogP contribution is -2.37. The zero-order valence-corrected chi connectivity index (χ0v) is 7.88. The van der Waals surface area contributed by atoms with Crippen LogP contribution in [-0.4, -0.2) is 28.6 Å². The van der Waals surface area contributed by atoms with Gasteiger partial charge >= 0.3 is 5.97 Å². The Morgan fingerprint density at radius 3 is 2.67 bits per heavy atom. The van der Waals surface area contributed by atoms with Crippen LogP contribution in [0.1, 0.15) is 5.56 Å². The van der Waals surface area contributed by atoms with Crippen LogP contribution in [0, 0.1) is 0 Å². The SMILES string of the molecule is O=CNC(Cc1ccccc1O)C(=O)O. The lowest BCUT2D eigenvalue weighted by molar-refractivity contribution is -0.140. The van der Waals surface area contributed by atoms with Crippen molar-refractivity contribution < 1.29 is 19.8 Å². The van der Waals surface area contributed by atoms with E-state index in [-0.39, 0.29) is 12.2 Å². The van der Waals surface area contributed by atoms with Gasteiger partial charge in [0.05, 0.1) is 0 Å². The summed E-state index contributed by atoms with van der Waals surface area (Å²) in [6.07, 6.45) is 0.388. The van der Waals surface area contributed by atoms with E-state index < -0.39 is 12.0 Å². The molecule has 1 atom stereocenters. The van der Waals surface area contributed by atoms with Crippen LogP contribution >= 0.6 is 0 Å². The lowest BCUT2D eigenvalue weighted by Gasteiger charge is -2.11. The number of hydrogen-bond acceptors (Lipinski definition) is 3. The van der Waals surface area contributed by atoms with Crippen molar-refractivity contribution in [3.05, 3.63) is 29.8 Å². The number of nitrogens with one attached hydrogen (secondary N) is 1. The molecule has 0 spiro atoms. The number of phenolic OH excluding ortho intramolecular Hbond substituents is 1. The Bertz CT molecular complexity index is 364. The van der Waals surface area contributed by atoms with Crippen molar-refractivity contribution >= 4 is 12.4 Å². The van der Waals surface area contributed by atoms with E-state index in [1.54, 1.807) is 18.2 Å². The number of para-hydroxylation sites is 1. The maximum absolute atomic E-state index is 10.7. The first-order valence-corrected chi connectivity index (χ1v) is 4.34. The van der Waals surface area contributed by atoms with Gasteiger partial charge in [-0.1, -0.05) is 18.2 Å². The normalized spacial score (nSPS) is 11.7. The van der Waals surface area contributed by atoms with Gasteiger partial charge in [0.1, 0.15) is 11.8 Å². The van der Waals surface area contributed by atoms with E-state index in [4.69, 9.17) is 5.11 Å². The molecule has 1 amide bonds. The molecule has 0 aliphatic carbocycles. The fraction of sp³-hybridized carbons (Fsp3) is 0.200. The smallest absolute Gasteiger partial charge is 0.326 e. The molecule has 15 heavy (non-hydrogen) atoms. The van der Waals surface area contributed by atoms with E-state index in [2.05, 4.69) is 5.32 Å². The van der Waals surface area contributed by atoms with Gasteiger partial charge in [-0.05, 0) is 11.6 Å². The van der Waals surface area contributed by atoms with E-state index in [1.807, 2.05) is 0 Å². The quantitative estimate of drug-likeness (QED) is 0.602. The average molecular weight is 209 g/mol. The summed E-state index contributed by atoms with van der Waals surface area (Å²) in [5.74, 6) is -1.11. The molecule has 80 valence electrons. The lowest BCUT2D eigenvalue weighted by atomic mass is 10.1. The molecule has 0 aliphatic heterocycles. The zero-order chi connectivity index (χ0) is 11.3. The predicted octanol–water partition coefficient (Wildman–Crippen LogP) is 0.134. The summed E-state index contributed by atoms with van der Waals surface area (Å²) in [6, 6.07) is 5.39. The third-order valence-corrected chi connectivity index (χ3v) is 1.98. The molecule has 0 aromatic heterocycles. The first-order chi connectivity index (χ1) is 7.15. The number of carboxylic acids is 1. The van der Waals surface area contributed by atoms with E-state index in [0.29, 0.717) is 12.0 Å². The number of amides is 1. The minimum atomic E-state index is -1.13. The van der Waals surface area contributed by atoms with Crippen LogP contribution in [0.5, 0.6) is 5.75 Å². The van der Waals surface area contributed by atoms with Gasteiger partial charge in [0.25, 0.3) is 0 Å². The van der Waals surface area contributed by atoms with Crippen LogP contribution in [0.2, 0.25) is 0 Å². The number of carbonyl (C=O) groups is 2. The highest BCUT2D eigenvalue weighted by Gasteiger charge is 2.17. The van der Waals surface area contributed by atoms with Crippen LogP contribution in [0.25, 0.3) is 0 Å². The van der Waals surface area contributed by atoms with Gasteiger partial charge in [-0.25, -0.2) is 4.79 Å². The number of hydrogen-bond donors (Lipinski definition) is 3. The molecule has 0 fully saturated rings. The fourth-order valence-electron chi connectivity index (χ4n) is 1.20. The van der Waals surface area contributed by atoms with Gasteiger partial charge in [0, 0.05) is 6.42 Å². The molecule has 1 aromatic rings. The number of carbonyl (C=O) groups excluding carboxylic acids is 1. The Labute approximate surface area is 86.4 Å². The zero-order valence-electron chi connectivity index (χ0n) is 7.88. The first kappa shape index (κ1) is 11.0. The molecule has 0 bridgehead atoms. The molecule has 5 nitrogen and oxygen atoms in total. The third kappa shape index (κ3) is 2.98.